The van der Waals surface area contributed by atoms with Crippen LogP contribution in [0, 0.1) is 0 Å². The predicted octanol–water partition coefficient (Wildman–Crippen LogP) is 1.62. The summed E-state index contributed by atoms with van der Waals surface area (Å²) in [6.07, 6.45) is 0.779. The molecule has 104 valence electrons. The van der Waals surface area contributed by atoms with Crippen molar-refractivity contribution in [3.05, 3.63) is 35.9 Å². The van der Waals surface area contributed by atoms with E-state index in [1.165, 1.54) is 0 Å². The Bertz CT molecular complexity index is 640. The molecule has 0 radical (unpaired) electrons. The molecule has 5 heteroatoms. The van der Waals surface area contributed by atoms with Crippen LogP contribution in [0.25, 0.3) is 10.9 Å². The Labute approximate surface area is 117 Å². The number of nitrogens with one attached hydrogen (secondary N) is 1. The fourth-order valence-corrected chi connectivity index (χ4v) is 2.05. The molecule has 1 aromatic heterocycles. The summed E-state index contributed by atoms with van der Waals surface area (Å²) in [7, 11) is 1.59. The first-order valence-corrected chi connectivity index (χ1v) is 6.50. The average molecular weight is 271 g/mol. The number of anilines is 1. The van der Waals surface area contributed by atoms with Gasteiger partial charge < -0.3 is 10.2 Å². The number of fused-ring (bicyclic) bond motifs is 1. The van der Waals surface area contributed by atoms with Crippen molar-refractivity contribution in [3.8, 4) is 0 Å². The van der Waals surface area contributed by atoms with E-state index in [9.17, 15) is 9.59 Å². The fraction of sp³-hybridized carbons (Fsp3) is 0.267. The van der Waals surface area contributed by atoms with Gasteiger partial charge in [-0.2, -0.15) is 0 Å². The molecular weight excluding hydrogens is 254 g/mol. The van der Waals surface area contributed by atoms with Gasteiger partial charge >= 0.3 is 0 Å². The quantitative estimate of drug-likeness (QED) is 0.839. The Hall–Kier alpha value is -2.43. The lowest BCUT2D eigenvalue weighted by Crippen LogP contribution is -2.36. The normalized spacial score (nSPS) is 10.3. The highest BCUT2D eigenvalue weighted by atomic mass is 16.2. The van der Waals surface area contributed by atoms with Crippen LogP contribution in [0.4, 0.5) is 5.82 Å². The molecule has 0 fully saturated rings. The Balaban J connectivity index is 2.49. The van der Waals surface area contributed by atoms with E-state index in [2.05, 4.69) is 10.3 Å². The number of amides is 1. The van der Waals surface area contributed by atoms with E-state index in [1.54, 1.807) is 18.0 Å². The molecule has 2 aromatic rings. The standard InChI is InChI=1S/C15H17N3O2/c1-3-18(9-14(20)16-2)15-12(10-19)8-11-6-4-5-7-13(11)17-15/h4-8,10H,3,9H2,1-2H3,(H,16,20). The van der Waals surface area contributed by atoms with E-state index in [0.29, 0.717) is 17.9 Å². The number of likely N-dealkylation sites (N-methyl/N-ethyl adjacent to an activating group) is 2. The minimum atomic E-state index is -0.112. The van der Waals surface area contributed by atoms with E-state index in [0.717, 1.165) is 17.2 Å². The molecule has 0 aliphatic rings. The number of para-hydroxylation sites is 1. The summed E-state index contributed by atoms with van der Waals surface area (Å²) < 4.78 is 0. The number of benzene rings is 1. The van der Waals surface area contributed by atoms with E-state index in [4.69, 9.17) is 0 Å². The summed E-state index contributed by atoms with van der Waals surface area (Å²) in [6, 6.07) is 9.40. The molecule has 5 nitrogen and oxygen atoms in total. The van der Waals surface area contributed by atoms with Crippen LogP contribution in [0.1, 0.15) is 17.3 Å². The highest BCUT2D eigenvalue weighted by molar-refractivity contribution is 5.93. The van der Waals surface area contributed by atoms with Crippen LogP contribution in [0.15, 0.2) is 30.3 Å². The van der Waals surface area contributed by atoms with Crippen LogP contribution < -0.4 is 10.2 Å². The number of aromatic nitrogens is 1. The zero-order chi connectivity index (χ0) is 14.5. The fourth-order valence-electron chi connectivity index (χ4n) is 2.05. The number of pyridine rings is 1. The summed E-state index contributed by atoms with van der Waals surface area (Å²) in [6.45, 7) is 2.70. The third-order valence-corrected chi connectivity index (χ3v) is 3.15. The Morgan fingerprint density at radius 1 is 1.40 bits per heavy atom. The minimum absolute atomic E-state index is 0.112. The lowest BCUT2D eigenvalue weighted by molar-refractivity contribution is -0.119. The number of nitrogens with zero attached hydrogens (tertiary/aromatic N) is 2. The highest BCUT2D eigenvalue weighted by Crippen LogP contribution is 2.22. The molecule has 0 saturated carbocycles. The summed E-state index contributed by atoms with van der Waals surface area (Å²) in [5.74, 6) is 0.434. The van der Waals surface area contributed by atoms with Gasteiger partial charge in [-0.3, -0.25) is 9.59 Å². The monoisotopic (exact) mass is 271 g/mol. The first-order valence-electron chi connectivity index (χ1n) is 6.50. The smallest absolute Gasteiger partial charge is 0.239 e. The van der Waals surface area contributed by atoms with Gasteiger partial charge in [-0.25, -0.2) is 4.98 Å². The second-order valence-corrected chi connectivity index (χ2v) is 4.40. The van der Waals surface area contributed by atoms with Crippen LogP contribution in [0.5, 0.6) is 0 Å². The number of rotatable bonds is 5. The maximum atomic E-state index is 11.5. The van der Waals surface area contributed by atoms with Crippen LogP contribution >= 0.6 is 0 Å². The van der Waals surface area contributed by atoms with Crippen molar-refractivity contribution in [2.24, 2.45) is 0 Å². The second-order valence-electron chi connectivity index (χ2n) is 4.40. The van der Waals surface area contributed by atoms with E-state index >= 15 is 0 Å². The summed E-state index contributed by atoms with van der Waals surface area (Å²) in [4.78, 5) is 29.1. The molecule has 2 rings (SSSR count). The zero-order valence-corrected chi connectivity index (χ0v) is 11.6. The Morgan fingerprint density at radius 2 is 2.15 bits per heavy atom. The molecular formula is C15H17N3O2. The van der Waals surface area contributed by atoms with Gasteiger partial charge in [0.25, 0.3) is 0 Å². The first-order chi connectivity index (χ1) is 9.69. The third-order valence-electron chi connectivity index (χ3n) is 3.15. The van der Waals surface area contributed by atoms with Crippen LogP contribution in [-0.2, 0) is 4.79 Å². The van der Waals surface area contributed by atoms with Gasteiger partial charge in [0.1, 0.15) is 5.82 Å². The molecule has 1 aromatic carbocycles. The van der Waals surface area contributed by atoms with Crippen molar-refractivity contribution in [1.29, 1.82) is 0 Å². The summed E-state index contributed by atoms with van der Waals surface area (Å²) >= 11 is 0. The summed E-state index contributed by atoms with van der Waals surface area (Å²) in [5.41, 5.74) is 1.30. The number of aldehydes is 1. The molecule has 1 amide bonds. The maximum Gasteiger partial charge on any atom is 0.239 e. The maximum absolute atomic E-state index is 11.5. The second kappa shape index (κ2) is 6.14. The minimum Gasteiger partial charge on any atom is -0.358 e. The van der Waals surface area contributed by atoms with Crippen molar-refractivity contribution in [2.45, 2.75) is 6.92 Å². The number of hydrogen-bond acceptors (Lipinski definition) is 4. The molecule has 0 spiro atoms. The zero-order valence-electron chi connectivity index (χ0n) is 11.6. The van der Waals surface area contributed by atoms with Crippen LogP contribution in [0.2, 0.25) is 0 Å². The van der Waals surface area contributed by atoms with Crippen molar-refractivity contribution in [2.75, 3.05) is 25.0 Å². The summed E-state index contributed by atoms with van der Waals surface area (Å²) in [5, 5.41) is 3.49. The lowest BCUT2D eigenvalue weighted by atomic mass is 10.1. The molecule has 0 saturated heterocycles. The van der Waals surface area contributed by atoms with Gasteiger partial charge in [0.15, 0.2) is 6.29 Å². The van der Waals surface area contributed by atoms with E-state index in [-0.39, 0.29) is 12.5 Å². The van der Waals surface area contributed by atoms with Crippen molar-refractivity contribution < 1.29 is 9.59 Å². The SMILES string of the molecule is CCN(CC(=O)NC)c1nc2ccccc2cc1C=O. The third kappa shape index (κ3) is 2.77. The highest BCUT2D eigenvalue weighted by Gasteiger charge is 2.15. The molecule has 20 heavy (non-hydrogen) atoms. The lowest BCUT2D eigenvalue weighted by Gasteiger charge is -2.22. The average Bonchev–Trinajstić information content (AvgIpc) is 2.50. The van der Waals surface area contributed by atoms with Gasteiger partial charge in [0, 0.05) is 19.0 Å². The van der Waals surface area contributed by atoms with Gasteiger partial charge in [0.2, 0.25) is 5.91 Å². The van der Waals surface area contributed by atoms with Crippen LogP contribution in [0.3, 0.4) is 0 Å². The van der Waals surface area contributed by atoms with Gasteiger partial charge in [-0.15, -0.1) is 0 Å². The molecule has 1 N–H and O–H groups in total. The van der Waals surface area contributed by atoms with E-state index < -0.39 is 0 Å². The molecule has 0 unspecified atom stereocenters. The molecule has 0 atom stereocenters. The van der Waals surface area contributed by atoms with Gasteiger partial charge in [-0.05, 0) is 19.1 Å². The van der Waals surface area contributed by atoms with Crippen molar-refractivity contribution in [3.63, 3.8) is 0 Å². The molecule has 0 aliphatic carbocycles. The Morgan fingerprint density at radius 3 is 2.80 bits per heavy atom. The van der Waals surface area contributed by atoms with Gasteiger partial charge in [-0.1, -0.05) is 18.2 Å². The van der Waals surface area contributed by atoms with E-state index in [1.807, 2.05) is 31.2 Å². The van der Waals surface area contributed by atoms with Crippen molar-refractivity contribution >= 4 is 28.9 Å². The first kappa shape index (κ1) is 14.0. The van der Waals surface area contributed by atoms with Gasteiger partial charge in [0.05, 0.1) is 17.6 Å². The number of carbonyl (C=O) groups is 2. The van der Waals surface area contributed by atoms with Crippen LogP contribution in [-0.4, -0.2) is 37.3 Å². The molecule has 0 aliphatic heterocycles. The largest absolute Gasteiger partial charge is 0.358 e. The molecule has 0 bridgehead atoms. The Kier molecular flexibility index (Phi) is 4.30. The molecule has 1 heterocycles. The number of hydrogen-bond donors (Lipinski definition) is 1. The topological polar surface area (TPSA) is 62.3 Å². The number of carbonyl (C=O) groups excluding carboxylic acids is 2. The van der Waals surface area contributed by atoms with Crippen molar-refractivity contribution in [1.82, 2.24) is 10.3 Å². The predicted molar refractivity (Wildman–Crippen MR) is 79.1 cm³/mol.